The highest BCUT2D eigenvalue weighted by Crippen LogP contribution is 2.19. The third kappa shape index (κ3) is 3.15. The average molecular weight is 272 g/mol. The summed E-state index contributed by atoms with van der Waals surface area (Å²) in [5, 5.41) is 2.83. The van der Waals surface area contributed by atoms with Crippen molar-refractivity contribution < 1.29 is 9.18 Å². The molecule has 0 unspecified atom stereocenters. The van der Waals surface area contributed by atoms with Gasteiger partial charge in [-0.1, -0.05) is 6.07 Å². The van der Waals surface area contributed by atoms with Gasteiger partial charge in [-0.05, 0) is 48.9 Å². The van der Waals surface area contributed by atoms with Crippen molar-refractivity contribution in [3.8, 4) is 0 Å². The maximum absolute atomic E-state index is 13.0. The Hall–Kier alpha value is -2.36. The topological polar surface area (TPSA) is 32.3 Å². The average Bonchev–Trinajstić information content (AvgIpc) is 2.38. The first kappa shape index (κ1) is 14.1. The number of nitrogens with one attached hydrogen (secondary N) is 1. The molecule has 0 radical (unpaired) electrons. The molecule has 2 aromatic rings. The van der Waals surface area contributed by atoms with Crippen LogP contribution in [0, 0.1) is 12.7 Å². The van der Waals surface area contributed by atoms with E-state index in [0.29, 0.717) is 16.8 Å². The van der Waals surface area contributed by atoms with Gasteiger partial charge in [0.25, 0.3) is 5.91 Å². The SMILES string of the molecule is Cc1cc(F)ccc1C(=O)Nc1cccc(N(C)C)c1. The van der Waals surface area contributed by atoms with E-state index in [1.54, 1.807) is 6.92 Å². The standard InChI is InChI=1S/C16H17FN2O/c1-11-9-12(17)7-8-15(11)16(20)18-13-5-4-6-14(10-13)19(2)3/h4-10H,1-3H3,(H,18,20). The minimum Gasteiger partial charge on any atom is -0.378 e. The Balaban J connectivity index is 2.21. The summed E-state index contributed by atoms with van der Waals surface area (Å²) in [6, 6.07) is 11.7. The first-order valence-corrected chi connectivity index (χ1v) is 6.32. The molecule has 2 rings (SSSR count). The van der Waals surface area contributed by atoms with Crippen LogP contribution in [0.15, 0.2) is 42.5 Å². The molecule has 0 bridgehead atoms. The first-order chi connectivity index (χ1) is 9.47. The van der Waals surface area contributed by atoms with Crippen LogP contribution < -0.4 is 10.2 Å². The normalized spacial score (nSPS) is 10.2. The van der Waals surface area contributed by atoms with Gasteiger partial charge in [-0.25, -0.2) is 4.39 Å². The van der Waals surface area contributed by atoms with Gasteiger partial charge in [0.2, 0.25) is 0 Å². The van der Waals surface area contributed by atoms with Crippen molar-refractivity contribution in [3.05, 3.63) is 59.4 Å². The van der Waals surface area contributed by atoms with Crippen molar-refractivity contribution in [2.24, 2.45) is 0 Å². The maximum atomic E-state index is 13.0. The molecule has 0 saturated heterocycles. The van der Waals surface area contributed by atoms with Crippen molar-refractivity contribution in [2.45, 2.75) is 6.92 Å². The summed E-state index contributed by atoms with van der Waals surface area (Å²) in [7, 11) is 3.87. The van der Waals surface area contributed by atoms with Gasteiger partial charge in [0.15, 0.2) is 0 Å². The summed E-state index contributed by atoms with van der Waals surface area (Å²) in [5.41, 5.74) is 2.80. The quantitative estimate of drug-likeness (QED) is 0.928. The number of carbonyl (C=O) groups excluding carboxylic acids is 1. The van der Waals surface area contributed by atoms with E-state index >= 15 is 0 Å². The number of nitrogens with zero attached hydrogens (tertiary/aromatic N) is 1. The molecule has 0 spiro atoms. The maximum Gasteiger partial charge on any atom is 0.255 e. The van der Waals surface area contributed by atoms with Crippen LogP contribution in [-0.2, 0) is 0 Å². The van der Waals surface area contributed by atoms with Gasteiger partial charge in [-0.15, -0.1) is 0 Å². The second kappa shape index (κ2) is 5.74. The zero-order chi connectivity index (χ0) is 14.7. The van der Waals surface area contributed by atoms with E-state index in [9.17, 15) is 9.18 Å². The fraction of sp³-hybridized carbons (Fsp3) is 0.188. The molecule has 0 aromatic heterocycles. The number of anilines is 2. The molecule has 0 aliphatic rings. The van der Waals surface area contributed by atoms with Gasteiger partial charge < -0.3 is 10.2 Å². The molecule has 0 aliphatic heterocycles. The molecule has 104 valence electrons. The molecule has 0 heterocycles. The lowest BCUT2D eigenvalue weighted by Gasteiger charge is -2.14. The van der Waals surface area contributed by atoms with Crippen molar-refractivity contribution in [3.63, 3.8) is 0 Å². The van der Waals surface area contributed by atoms with Crippen molar-refractivity contribution in [1.29, 1.82) is 0 Å². The van der Waals surface area contributed by atoms with Crippen LogP contribution in [0.2, 0.25) is 0 Å². The fourth-order valence-electron chi connectivity index (χ4n) is 1.94. The lowest BCUT2D eigenvalue weighted by Crippen LogP contribution is -2.14. The second-order valence-electron chi connectivity index (χ2n) is 4.86. The van der Waals surface area contributed by atoms with E-state index in [4.69, 9.17) is 0 Å². The number of benzene rings is 2. The molecule has 4 heteroatoms. The third-order valence-electron chi connectivity index (χ3n) is 3.05. The molecule has 0 fully saturated rings. The van der Waals surface area contributed by atoms with Crippen molar-refractivity contribution >= 4 is 17.3 Å². The fourth-order valence-corrected chi connectivity index (χ4v) is 1.94. The number of aryl methyl sites for hydroxylation is 1. The number of halogens is 1. The highest BCUT2D eigenvalue weighted by atomic mass is 19.1. The van der Waals surface area contributed by atoms with Crippen LogP contribution in [0.1, 0.15) is 15.9 Å². The van der Waals surface area contributed by atoms with Gasteiger partial charge in [0, 0.05) is 31.0 Å². The minimum absolute atomic E-state index is 0.238. The van der Waals surface area contributed by atoms with Gasteiger partial charge in [-0.2, -0.15) is 0 Å². The Kier molecular flexibility index (Phi) is 4.03. The molecule has 3 nitrogen and oxygen atoms in total. The van der Waals surface area contributed by atoms with E-state index in [1.165, 1.54) is 18.2 Å². The summed E-state index contributed by atoms with van der Waals surface area (Å²) < 4.78 is 13.0. The lowest BCUT2D eigenvalue weighted by molar-refractivity contribution is 0.102. The first-order valence-electron chi connectivity index (χ1n) is 6.32. The summed E-state index contributed by atoms with van der Waals surface area (Å²) >= 11 is 0. The van der Waals surface area contributed by atoms with E-state index in [1.807, 2.05) is 43.3 Å². The molecule has 0 atom stereocenters. The molecule has 0 saturated carbocycles. The lowest BCUT2D eigenvalue weighted by atomic mass is 10.1. The van der Waals surface area contributed by atoms with E-state index < -0.39 is 0 Å². The number of amides is 1. The van der Waals surface area contributed by atoms with Crippen molar-refractivity contribution in [1.82, 2.24) is 0 Å². The largest absolute Gasteiger partial charge is 0.378 e. The Bertz CT molecular complexity index is 638. The van der Waals surface area contributed by atoms with Crippen LogP contribution in [0.3, 0.4) is 0 Å². The molecule has 0 aliphatic carbocycles. The highest BCUT2D eigenvalue weighted by molar-refractivity contribution is 6.05. The van der Waals surface area contributed by atoms with Crippen molar-refractivity contribution in [2.75, 3.05) is 24.3 Å². The predicted molar refractivity (Wildman–Crippen MR) is 79.9 cm³/mol. The van der Waals surface area contributed by atoms with Gasteiger partial charge in [0.05, 0.1) is 0 Å². The Morgan fingerprint density at radius 3 is 2.55 bits per heavy atom. The van der Waals surface area contributed by atoms with Gasteiger partial charge in [0.1, 0.15) is 5.82 Å². The molecular formula is C16H17FN2O. The van der Waals surface area contributed by atoms with Crippen LogP contribution in [-0.4, -0.2) is 20.0 Å². The summed E-state index contributed by atoms with van der Waals surface area (Å²) in [5.74, 6) is -0.577. The third-order valence-corrected chi connectivity index (χ3v) is 3.05. The second-order valence-corrected chi connectivity index (χ2v) is 4.86. The summed E-state index contributed by atoms with van der Waals surface area (Å²) in [6.45, 7) is 1.72. The summed E-state index contributed by atoms with van der Waals surface area (Å²) in [6.07, 6.45) is 0. The zero-order valence-electron chi connectivity index (χ0n) is 11.8. The molecule has 1 amide bonds. The molecule has 1 N–H and O–H groups in total. The van der Waals surface area contributed by atoms with E-state index in [-0.39, 0.29) is 11.7 Å². The van der Waals surface area contributed by atoms with Crippen LogP contribution in [0.4, 0.5) is 15.8 Å². The number of carbonyl (C=O) groups is 1. The van der Waals surface area contributed by atoms with E-state index in [2.05, 4.69) is 5.32 Å². The van der Waals surface area contributed by atoms with Gasteiger partial charge >= 0.3 is 0 Å². The smallest absolute Gasteiger partial charge is 0.255 e. The number of hydrogen-bond acceptors (Lipinski definition) is 2. The summed E-state index contributed by atoms with van der Waals surface area (Å²) in [4.78, 5) is 14.1. The minimum atomic E-state index is -0.339. The number of rotatable bonds is 3. The van der Waals surface area contributed by atoms with Crippen LogP contribution in [0.25, 0.3) is 0 Å². The van der Waals surface area contributed by atoms with Crippen LogP contribution >= 0.6 is 0 Å². The van der Waals surface area contributed by atoms with Crippen LogP contribution in [0.5, 0.6) is 0 Å². The Labute approximate surface area is 118 Å². The number of hydrogen-bond donors (Lipinski definition) is 1. The molecule has 20 heavy (non-hydrogen) atoms. The monoisotopic (exact) mass is 272 g/mol. The zero-order valence-corrected chi connectivity index (χ0v) is 11.8. The molecule has 2 aromatic carbocycles. The molecular weight excluding hydrogens is 255 g/mol. The van der Waals surface area contributed by atoms with Gasteiger partial charge in [-0.3, -0.25) is 4.79 Å². The Morgan fingerprint density at radius 2 is 1.90 bits per heavy atom. The van der Waals surface area contributed by atoms with E-state index in [0.717, 1.165) is 5.69 Å². The predicted octanol–water partition coefficient (Wildman–Crippen LogP) is 3.45. The highest BCUT2D eigenvalue weighted by Gasteiger charge is 2.10. The Morgan fingerprint density at radius 1 is 1.15 bits per heavy atom.